The molecule has 21 heavy (non-hydrogen) atoms. The number of rotatable bonds is 5. The highest BCUT2D eigenvalue weighted by Crippen LogP contribution is 2.27. The number of aromatic nitrogens is 1. The van der Waals surface area contributed by atoms with Crippen LogP contribution < -0.4 is 5.32 Å². The SMILES string of the molecule is COC(OC)c1c(CNC(=O)OC(C)(C)C)ccnc1Cl. The first-order valence-electron chi connectivity index (χ1n) is 6.44. The zero-order valence-corrected chi connectivity index (χ0v) is 13.7. The van der Waals surface area contributed by atoms with E-state index in [4.69, 9.17) is 25.8 Å². The number of ether oxygens (including phenoxy) is 3. The maximum atomic E-state index is 11.7. The molecule has 7 heteroatoms. The molecule has 1 heterocycles. The van der Waals surface area contributed by atoms with Gasteiger partial charge in [-0.3, -0.25) is 0 Å². The van der Waals surface area contributed by atoms with E-state index in [0.717, 1.165) is 5.56 Å². The predicted octanol–water partition coefficient (Wildman–Crippen LogP) is 3.05. The predicted molar refractivity (Wildman–Crippen MR) is 79.1 cm³/mol. The Morgan fingerprint density at radius 1 is 1.38 bits per heavy atom. The molecule has 1 N–H and O–H groups in total. The summed E-state index contributed by atoms with van der Waals surface area (Å²) in [5, 5.41) is 2.94. The maximum Gasteiger partial charge on any atom is 0.407 e. The zero-order chi connectivity index (χ0) is 16.0. The fraction of sp³-hybridized carbons (Fsp3) is 0.571. The number of alkyl carbamates (subject to hydrolysis) is 1. The molecule has 0 aliphatic rings. The minimum Gasteiger partial charge on any atom is -0.444 e. The van der Waals surface area contributed by atoms with Gasteiger partial charge in [-0.2, -0.15) is 0 Å². The lowest BCUT2D eigenvalue weighted by molar-refractivity contribution is -0.106. The Hall–Kier alpha value is -1.37. The van der Waals surface area contributed by atoms with Gasteiger partial charge in [0.05, 0.1) is 5.56 Å². The van der Waals surface area contributed by atoms with Crippen molar-refractivity contribution in [3.63, 3.8) is 0 Å². The Bertz CT molecular complexity index is 484. The number of halogens is 1. The molecule has 1 aromatic heterocycles. The molecule has 6 nitrogen and oxygen atoms in total. The summed E-state index contributed by atoms with van der Waals surface area (Å²) in [6.45, 7) is 5.63. The summed E-state index contributed by atoms with van der Waals surface area (Å²) in [4.78, 5) is 15.7. The van der Waals surface area contributed by atoms with E-state index in [1.807, 2.05) is 0 Å². The third kappa shape index (κ3) is 5.49. The van der Waals surface area contributed by atoms with Crippen LogP contribution in [0.15, 0.2) is 12.3 Å². The van der Waals surface area contributed by atoms with E-state index in [1.54, 1.807) is 33.0 Å². The Morgan fingerprint density at radius 3 is 2.52 bits per heavy atom. The molecule has 0 fully saturated rings. The maximum absolute atomic E-state index is 11.7. The quantitative estimate of drug-likeness (QED) is 0.668. The number of amides is 1. The first-order valence-corrected chi connectivity index (χ1v) is 6.82. The van der Waals surface area contributed by atoms with E-state index < -0.39 is 18.0 Å². The summed E-state index contributed by atoms with van der Waals surface area (Å²) in [5.41, 5.74) is 0.777. The highest BCUT2D eigenvalue weighted by Gasteiger charge is 2.20. The van der Waals surface area contributed by atoms with Crippen LogP contribution >= 0.6 is 11.6 Å². The van der Waals surface area contributed by atoms with Gasteiger partial charge >= 0.3 is 6.09 Å². The number of carbonyl (C=O) groups is 1. The fourth-order valence-electron chi connectivity index (χ4n) is 1.70. The van der Waals surface area contributed by atoms with Crippen LogP contribution in [0.1, 0.15) is 38.2 Å². The summed E-state index contributed by atoms with van der Waals surface area (Å²) in [5.74, 6) is 0. The summed E-state index contributed by atoms with van der Waals surface area (Å²) in [6, 6.07) is 1.74. The van der Waals surface area contributed by atoms with Crippen LogP contribution in [-0.4, -0.2) is 30.9 Å². The summed E-state index contributed by atoms with van der Waals surface area (Å²) in [7, 11) is 3.01. The molecule has 0 radical (unpaired) electrons. The van der Waals surface area contributed by atoms with E-state index in [1.165, 1.54) is 14.2 Å². The molecule has 1 aromatic rings. The largest absolute Gasteiger partial charge is 0.444 e. The molecule has 1 amide bonds. The number of carbonyl (C=O) groups excluding carboxylic acids is 1. The molecule has 0 spiro atoms. The molecule has 0 atom stereocenters. The topological polar surface area (TPSA) is 69.7 Å². The van der Waals surface area contributed by atoms with Crippen molar-refractivity contribution in [2.45, 2.75) is 39.2 Å². The molecule has 0 aliphatic carbocycles. The van der Waals surface area contributed by atoms with Crippen LogP contribution in [0.25, 0.3) is 0 Å². The van der Waals surface area contributed by atoms with Crippen LogP contribution in [0.4, 0.5) is 4.79 Å². The van der Waals surface area contributed by atoms with Gasteiger partial charge in [-0.25, -0.2) is 9.78 Å². The Labute approximate surface area is 129 Å². The van der Waals surface area contributed by atoms with Crippen LogP contribution in [0.5, 0.6) is 0 Å². The van der Waals surface area contributed by atoms with Gasteiger partial charge in [0.2, 0.25) is 0 Å². The number of hydrogen-bond donors (Lipinski definition) is 1. The third-order valence-corrected chi connectivity index (χ3v) is 2.82. The van der Waals surface area contributed by atoms with Gasteiger partial charge in [0.1, 0.15) is 10.8 Å². The van der Waals surface area contributed by atoms with E-state index in [2.05, 4.69) is 10.3 Å². The Morgan fingerprint density at radius 2 is 2.00 bits per heavy atom. The number of pyridine rings is 1. The third-order valence-electron chi connectivity index (χ3n) is 2.52. The average Bonchev–Trinajstić information content (AvgIpc) is 2.38. The summed E-state index contributed by atoms with van der Waals surface area (Å²) in [6.07, 6.45) is 0.398. The van der Waals surface area contributed by atoms with Crippen molar-refractivity contribution in [1.29, 1.82) is 0 Å². The van der Waals surface area contributed by atoms with Crippen molar-refractivity contribution in [3.8, 4) is 0 Å². The van der Waals surface area contributed by atoms with Crippen molar-refractivity contribution < 1.29 is 19.0 Å². The van der Waals surface area contributed by atoms with Crippen molar-refractivity contribution in [2.75, 3.05) is 14.2 Å². The molecule has 0 saturated heterocycles. The fourth-order valence-corrected chi connectivity index (χ4v) is 1.97. The van der Waals surface area contributed by atoms with Gasteiger partial charge in [-0.15, -0.1) is 0 Å². The summed E-state index contributed by atoms with van der Waals surface area (Å²) >= 11 is 6.09. The molecular weight excluding hydrogens is 296 g/mol. The number of hydrogen-bond acceptors (Lipinski definition) is 5. The molecule has 118 valence electrons. The minimum absolute atomic E-state index is 0.232. The second kappa shape index (κ2) is 7.59. The Balaban J connectivity index is 2.84. The van der Waals surface area contributed by atoms with Crippen molar-refractivity contribution in [2.24, 2.45) is 0 Å². The van der Waals surface area contributed by atoms with Gasteiger partial charge in [0, 0.05) is 27.0 Å². The summed E-state index contributed by atoms with van der Waals surface area (Å²) < 4.78 is 15.6. The lowest BCUT2D eigenvalue weighted by atomic mass is 10.1. The normalized spacial score (nSPS) is 11.6. The van der Waals surface area contributed by atoms with Gasteiger partial charge in [-0.05, 0) is 32.4 Å². The standard InChI is InChI=1S/C14H21ClN2O4/c1-14(2,3)21-13(18)17-8-9-6-7-16-11(15)10(9)12(19-4)20-5/h6-7,12H,8H2,1-5H3,(H,17,18). The van der Waals surface area contributed by atoms with Crippen molar-refractivity contribution in [1.82, 2.24) is 10.3 Å². The van der Waals surface area contributed by atoms with Crippen molar-refractivity contribution in [3.05, 3.63) is 28.5 Å². The number of nitrogens with zero attached hydrogens (tertiary/aromatic N) is 1. The molecule has 0 aromatic carbocycles. The molecule has 0 aliphatic heterocycles. The molecule has 0 saturated carbocycles. The van der Waals surface area contributed by atoms with E-state index in [-0.39, 0.29) is 11.7 Å². The first kappa shape index (κ1) is 17.7. The van der Waals surface area contributed by atoms with Gasteiger partial charge in [-0.1, -0.05) is 11.6 Å². The van der Waals surface area contributed by atoms with Gasteiger partial charge < -0.3 is 19.5 Å². The molecule has 1 rings (SSSR count). The highest BCUT2D eigenvalue weighted by atomic mass is 35.5. The van der Waals surface area contributed by atoms with E-state index >= 15 is 0 Å². The lowest BCUT2D eigenvalue weighted by Crippen LogP contribution is -2.32. The minimum atomic E-state index is -0.651. The van der Waals surface area contributed by atoms with Crippen LogP contribution in [-0.2, 0) is 20.8 Å². The Kier molecular flexibility index (Phi) is 6.39. The number of methoxy groups -OCH3 is 2. The lowest BCUT2D eigenvalue weighted by Gasteiger charge is -2.21. The number of nitrogens with one attached hydrogen (secondary N) is 1. The van der Waals surface area contributed by atoms with Crippen LogP contribution in [0.3, 0.4) is 0 Å². The zero-order valence-electron chi connectivity index (χ0n) is 12.9. The smallest absolute Gasteiger partial charge is 0.407 e. The second-order valence-corrected chi connectivity index (χ2v) is 5.69. The van der Waals surface area contributed by atoms with Crippen molar-refractivity contribution >= 4 is 17.7 Å². The van der Waals surface area contributed by atoms with E-state index in [0.29, 0.717) is 5.56 Å². The molecular formula is C14H21ClN2O4. The molecule has 0 unspecified atom stereocenters. The first-order chi connectivity index (χ1) is 9.78. The highest BCUT2D eigenvalue weighted by molar-refractivity contribution is 6.30. The monoisotopic (exact) mass is 316 g/mol. The average molecular weight is 317 g/mol. The van der Waals surface area contributed by atoms with Crippen LogP contribution in [0.2, 0.25) is 5.15 Å². The molecule has 0 bridgehead atoms. The second-order valence-electron chi connectivity index (χ2n) is 5.33. The van der Waals surface area contributed by atoms with Gasteiger partial charge in [0.15, 0.2) is 6.29 Å². The van der Waals surface area contributed by atoms with Gasteiger partial charge in [0.25, 0.3) is 0 Å². The van der Waals surface area contributed by atoms with E-state index in [9.17, 15) is 4.79 Å². The van der Waals surface area contributed by atoms with Crippen LogP contribution in [0, 0.1) is 0 Å².